The third-order valence-corrected chi connectivity index (χ3v) is 5.69. The minimum Gasteiger partial charge on any atom is -0.452 e. The van der Waals surface area contributed by atoms with Gasteiger partial charge in [0, 0.05) is 17.7 Å². The van der Waals surface area contributed by atoms with Gasteiger partial charge in [-0.05, 0) is 56.1 Å². The van der Waals surface area contributed by atoms with E-state index in [1.54, 1.807) is 19.1 Å². The summed E-state index contributed by atoms with van der Waals surface area (Å²) in [6, 6.07) is 5.83. The second-order valence-corrected chi connectivity index (χ2v) is 8.74. The first-order chi connectivity index (χ1) is 13.6. The fraction of sp³-hybridized carbons (Fsp3) is 0.571. The first-order valence-corrected chi connectivity index (χ1v) is 9.94. The van der Waals surface area contributed by atoms with E-state index in [1.807, 2.05) is 0 Å². The molecule has 1 fully saturated rings. The van der Waals surface area contributed by atoms with Crippen molar-refractivity contribution >= 4 is 11.7 Å². The van der Waals surface area contributed by atoms with Gasteiger partial charge in [0.25, 0.3) is 11.6 Å². The number of hydrogen-bond acceptors (Lipinski definition) is 7. The van der Waals surface area contributed by atoms with Gasteiger partial charge in [-0.1, -0.05) is 20.8 Å². The Bertz CT molecular complexity index is 861. The Morgan fingerprint density at radius 3 is 2.34 bits per heavy atom. The number of nitro groups is 1. The molecule has 0 bridgehead atoms. The summed E-state index contributed by atoms with van der Waals surface area (Å²) in [5, 5.41) is 18.7. The first-order valence-electron chi connectivity index (χ1n) is 9.94. The summed E-state index contributed by atoms with van der Waals surface area (Å²) in [6.07, 6.45) is 3.09. The molecule has 29 heavy (non-hydrogen) atoms. The van der Waals surface area contributed by atoms with Crippen molar-refractivity contribution in [2.75, 3.05) is 0 Å². The van der Waals surface area contributed by atoms with E-state index >= 15 is 0 Å². The second-order valence-electron chi connectivity index (χ2n) is 8.74. The quantitative estimate of drug-likeness (QED) is 0.389. The summed E-state index contributed by atoms with van der Waals surface area (Å²) in [7, 11) is 0. The molecule has 156 valence electrons. The van der Waals surface area contributed by atoms with Crippen LogP contribution in [0.25, 0.3) is 11.5 Å². The Kier molecular flexibility index (Phi) is 6.00. The highest BCUT2D eigenvalue weighted by Gasteiger charge is 2.34. The number of carbonyl (C=O) groups is 1. The van der Waals surface area contributed by atoms with Gasteiger partial charge in [-0.3, -0.25) is 14.9 Å². The molecular weight excluding hydrogens is 374 g/mol. The van der Waals surface area contributed by atoms with E-state index in [2.05, 4.69) is 31.0 Å². The lowest BCUT2D eigenvalue weighted by Gasteiger charge is -2.36. The zero-order chi connectivity index (χ0) is 21.2. The maximum atomic E-state index is 12.5. The van der Waals surface area contributed by atoms with Crippen molar-refractivity contribution in [2.45, 2.75) is 59.5 Å². The molecule has 1 aliphatic rings. The maximum absolute atomic E-state index is 12.5. The molecule has 1 saturated carbocycles. The summed E-state index contributed by atoms with van der Waals surface area (Å²) in [6.45, 7) is 8.44. The zero-order valence-corrected chi connectivity index (χ0v) is 17.3. The molecule has 8 heteroatoms. The molecule has 1 atom stereocenters. The van der Waals surface area contributed by atoms with Crippen LogP contribution < -0.4 is 0 Å². The normalized spacial score (nSPS) is 20.8. The van der Waals surface area contributed by atoms with Crippen molar-refractivity contribution in [1.82, 2.24) is 10.2 Å². The molecule has 0 saturated heterocycles. The number of nitro benzene ring substituents is 1. The van der Waals surface area contributed by atoms with Gasteiger partial charge in [-0.2, -0.15) is 0 Å². The van der Waals surface area contributed by atoms with Gasteiger partial charge in [0.15, 0.2) is 6.10 Å². The van der Waals surface area contributed by atoms with Crippen LogP contribution in [0.15, 0.2) is 28.7 Å². The summed E-state index contributed by atoms with van der Waals surface area (Å²) in [4.78, 5) is 22.8. The minimum absolute atomic E-state index is 0.0167. The Hall–Kier alpha value is -2.77. The molecule has 8 nitrogen and oxygen atoms in total. The third-order valence-electron chi connectivity index (χ3n) is 5.69. The highest BCUT2D eigenvalue weighted by molar-refractivity contribution is 5.72. The van der Waals surface area contributed by atoms with Gasteiger partial charge in [-0.25, -0.2) is 0 Å². The van der Waals surface area contributed by atoms with Gasteiger partial charge in [-0.15, -0.1) is 10.2 Å². The standard InChI is InChI=1S/C21H27N3O5/c1-13(28-20(25)15-5-9-16(10-6-15)21(2,3)4)18-22-23-19(29-18)14-7-11-17(12-8-14)24(26)27/h7-8,11-13,15-16H,5-6,9-10H2,1-4H3/t13-,15?,16?/m0/s1. The molecule has 0 N–H and O–H groups in total. The van der Waals surface area contributed by atoms with Crippen molar-refractivity contribution in [3.05, 3.63) is 40.3 Å². The Balaban J connectivity index is 1.58. The molecule has 0 unspecified atom stereocenters. The van der Waals surface area contributed by atoms with Crippen LogP contribution in [0, 0.1) is 27.4 Å². The summed E-state index contributed by atoms with van der Waals surface area (Å²) in [5.41, 5.74) is 0.811. The van der Waals surface area contributed by atoms with Gasteiger partial charge in [0.1, 0.15) is 0 Å². The first kappa shape index (κ1) is 21.0. The molecule has 0 amide bonds. The largest absolute Gasteiger partial charge is 0.452 e. The number of hydrogen-bond donors (Lipinski definition) is 0. The van der Waals surface area contributed by atoms with E-state index in [0.717, 1.165) is 25.7 Å². The van der Waals surface area contributed by atoms with Crippen molar-refractivity contribution in [2.24, 2.45) is 17.3 Å². The fourth-order valence-corrected chi connectivity index (χ4v) is 3.76. The SMILES string of the molecule is C[C@H](OC(=O)C1CCC(C(C)(C)C)CC1)c1nnc(-c2ccc([N+](=O)[O-])cc2)o1. The molecule has 0 spiro atoms. The number of nitrogens with zero attached hydrogens (tertiary/aromatic N) is 3. The van der Waals surface area contributed by atoms with Crippen LogP contribution in [0.3, 0.4) is 0 Å². The second kappa shape index (κ2) is 8.31. The van der Waals surface area contributed by atoms with Gasteiger partial charge in [0.05, 0.1) is 10.8 Å². The molecule has 2 aromatic rings. The molecule has 1 heterocycles. The van der Waals surface area contributed by atoms with Crippen LogP contribution in [0.4, 0.5) is 5.69 Å². The highest BCUT2D eigenvalue weighted by atomic mass is 16.6. The van der Waals surface area contributed by atoms with E-state index < -0.39 is 11.0 Å². The lowest BCUT2D eigenvalue weighted by molar-refractivity contribution is -0.384. The molecule has 3 rings (SSSR count). The lowest BCUT2D eigenvalue weighted by Crippen LogP contribution is -2.30. The number of aromatic nitrogens is 2. The van der Waals surface area contributed by atoms with Crippen LogP contribution in [-0.2, 0) is 9.53 Å². The number of benzene rings is 1. The van der Waals surface area contributed by atoms with Crippen molar-refractivity contribution in [3.63, 3.8) is 0 Å². The van der Waals surface area contributed by atoms with Gasteiger partial charge >= 0.3 is 5.97 Å². The predicted octanol–water partition coefficient (Wildman–Crippen LogP) is 5.10. The monoisotopic (exact) mass is 401 g/mol. The molecule has 1 aromatic carbocycles. The van der Waals surface area contributed by atoms with E-state index in [1.165, 1.54) is 12.1 Å². The predicted molar refractivity (Wildman–Crippen MR) is 106 cm³/mol. The average molecular weight is 401 g/mol. The van der Waals surface area contributed by atoms with Crippen molar-refractivity contribution < 1.29 is 18.9 Å². The smallest absolute Gasteiger partial charge is 0.309 e. The topological polar surface area (TPSA) is 108 Å². The van der Waals surface area contributed by atoms with Gasteiger partial charge in [0.2, 0.25) is 5.89 Å². The Labute approximate surface area is 169 Å². The van der Waals surface area contributed by atoms with E-state index in [9.17, 15) is 14.9 Å². The molecule has 0 radical (unpaired) electrons. The molecular formula is C21H27N3O5. The van der Waals surface area contributed by atoms with Crippen LogP contribution in [0.5, 0.6) is 0 Å². The number of rotatable bonds is 5. The fourth-order valence-electron chi connectivity index (χ4n) is 3.76. The number of non-ortho nitro benzene ring substituents is 1. The average Bonchev–Trinajstić information content (AvgIpc) is 3.18. The zero-order valence-electron chi connectivity index (χ0n) is 17.3. The third kappa shape index (κ3) is 4.99. The van der Waals surface area contributed by atoms with E-state index in [4.69, 9.17) is 9.15 Å². The van der Waals surface area contributed by atoms with E-state index in [-0.39, 0.29) is 34.8 Å². The Morgan fingerprint density at radius 2 is 1.79 bits per heavy atom. The lowest BCUT2D eigenvalue weighted by atomic mass is 9.70. The summed E-state index contributed by atoms with van der Waals surface area (Å²) < 4.78 is 11.2. The Morgan fingerprint density at radius 1 is 1.17 bits per heavy atom. The van der Waals surface area contributed by atoms with Crippen LogP contribution >= 0.6 is 0 Å². The van der Waals surface area contributed by atoms with E-state index in [0.29, 0.717) is 11.5 Å². The van der Waals surface area contributed by atoms with Crippen molar-refractivity contribution in [3.8, 4) is 11.5 Å². The van der Waals surface area contributed by atoms with Crippen LogP contribution in [-0.4, -0.2) is 21.1 Å². The highest BCUT2D eigenvalue weighted by Crippen LogP contribution is 2.40. The van der Waals surface area contributed by atoms with Gasteiger partial charge < -0.3 is 9.15 Å². The molecule has 1 aliphatic carbocycles. The minimum atomic E-state index is -0.651. The summed E-state index contributed by atoms with van der Waals surface area (Å²) in [5.74, 6) is 0.746. The van der Waals surface area contributed by atoms with Crippen molar-refractivity contribution in [1.29, 1.82) is 0 Å². The molecule has 0 aliphatic heterocycles. The number of esters is 1. The van der Waals surface area contributed by atoms with Crippen LogP contribution in [0.1, 0.15) is 65.4 Å². The maximum Gasteiger partial charge on any atom is 0.309 e. The number of ether oxygens (including phenoxy) is 1. The van der Waals surface area contributed by atoms with Crippen LogP contribution in [0.2, 0.25) is 0 Å². The number of carbonyl (C=O) groups excluding carboxylic acids is 1. The molecule has 1 aromatic heterocycles. The summed E-state index contributed by atoms with van der Waals surface area (Å²) >= 11 is 0.